The summed E-state index contributed by atoms with van der Waals surface area (Å²) in [7, 11) is -3.96. The Morgan fingerprint density at radius 1 is 1.03 bits per heavy atom. The summed E-state index contributed by atoms with van der Waals surface area (Å²) < 4.78 is 78.4. The van der Waals surface area contributed by atoms with E-state index in [0.29, 0.717) is 5.56 Å². The number of alkyl halides is 3. The van der Waals surface area contributed by atoms with Crippen LogP contribution in [0, 0.1) is 5.82 Å². The SMILES string of the molecule is CC(C(=O)NC(C)(C)C)N(Cc1ccc(F)cc1)C(=O)CCCN(c1cccc(C(F)(F)F)c1)S(C)(=O)=O. The Labute approximate surface area is 220 Å². The zero-order valence-electron chi connectivity index (χ0n) is 22.0. The summed E-state index contributed by atoms with van der Waals surface area (Å²) in [4.78, 5) is 27.4. The molecule has 2 aromatic rings. The van der Waals surface area contributed by atoms with E-state index >= 15 is 0 Å². The van der Waals surface area contributed by atoms with Crippen LogP contribution in [0.2, 0.25) is 0 Å². The van der Waals surface area contributed by atoms with Crippen LogP contribution in [0.3, 0.4) is 0 Å². The molecule has 0 radical (unpaired) electrons. The summed E-state index contributed by atoms with van der Waals surface area (Å²) in [5.41, 5.74) is -1.15. The highest BCUT2D eigenvalue weighted by Gasteiger charge is 2.32. The van der Waals surface area contributed by atoms with Gasteiger partial charge >= 0.3 is 6.18 Å². The molecule has 0 saturated carbocycles. The van der Waals surface area contributed by atoms with E-state index in [-0.39, 0.29) is 31.6 Å². The number of hydrogen-bond acceptors (Lipinski definition) is 4. The number of nitrogens with zero attached hydrogens (tertiary/aromatic N) is 2. The van der Waals surface area contributed by atoms with Crippen molar-refractivity contribution in [3.05, 3.63) is 65.5 Å². The van der Waals surface area contributed by atoms with E-state index in [1.807, 2.05) is 0 Å². The lowest BCUT2D eigenvalue weighted by molar-refractivity contribution is -0.141. The average molecular weight is 560 g/mol. The fourth-order valence-electron chi connectivity index (χ4n) is 3.68. The molecule has 0 heterocycles. The van der Waals surface area contributed by atoms with Gasteiger partial charge in [0.15, 0.2) is 0 Å². The standard InChI is InChI=1S/C26H33F4N3O4S/c1-18(24(35)31-25(2,3)4)32(17-19-11-13-21(27)14-12-19)23(34)10-7-15-33(38(5,36)37)22-9-6-8-20(16-22)26(28,29)30/h6,8-9,11-14,16,18H,7,10,15,17H2,1-5H3,(H,31,35). The van der Waals surface area contributed by atoms with Gasteiger partial charge in [-0.05, 0) is 70.0 Å². The summed E-state index contributed by atoms with van der Waals surface area (Å²) in [5, 5.41) is 2.81. The normalized spacial score (nSPS) is 13.1. The van der Waals surface area contributed by atoms with Gasteiger partial charge in [0.2, 0.25) is 21.8 Å². The van der Waals surface area contributed by atoms with Gasteiger partial charge in [-0.2, -0.15) is 13.2 Å². The van der Waals surface area contributed by atoms with Crippen LogP contribution in [-0.4, -0.2) is 49.5 Å². The molecule has 0 fully saturated rings. The largest absolute Gasteiger partial charge is 0.416 e. The molecule has 1 N–H and O–H groups in total. The quantitative estimate of drug-likeness (QED) is 0.427. The summed E-state index contributed by atoms with van der Waals surface area (Å²) in [5.74, 6) is -1.33. The molecule has 1 unspecified atom stereocenters. The number of benzene rings is 2. The summed E-state index contributed by atoms with van der Waals surface area (Å²) in [6.45, 7) is 6.67. The van der Waals surface area contributed by atoms with Crippen molar-refractivity contribution in [1.29, 1.82) is 0 Å². The van der Waals surface area contributed by atoms with Crippen molar-refractivity contribution >= 4 is 27.5 Å². The maximum atomic E-state index is 13.4. The zero-order valence-corrected chi connectivity index (χ0v) is 22.8. The van der Waals surface area contributed by atoms with E-state index in [1.165, 1.54) is 35.2 Å². The molecule has 7 nitrogen and oxygen atoms in total. The van der Waals surface area contributed by atoms with E-state index in [4.69, 9.17) is 0 Å². The van der Waals surface area contributed by atoms with Crippen LogP contribution in [0.1, 0.15) is 51.7 Å². The molecule has 1 atom stereocenters. The van der Waals surface area contributed by atoms with Crippen molar-refractivity contribution < 1.29 is 35.6 Å². The molecule has 0 saturated heterocycles. The average Bonchev–Trinajstić information content (AvgIpc) is 2.78. The van der Waals surface area contributed by atoms with Crippen molar-refractivity contribution in [3.63, 3.8) is 0 Å². The number of carbonyl (C=O) groups excluding carboxylic acids is 2. The van der Waals surface area contributed by atoms with Crippen LogP contribution in [0.25, 0.3) is 0 Å². The second kappa shape index (κ2) is 12.1. The first-order chi connectivity index (χ1) is 17.4. The van der Waals surface area contributed by atoms with Crippen LogP contribution in [0.4, 0.5) is 23.2 Å². The lowest BCUT2D eigenvalue weighted by atomic mass is 10.1. The molecule has 2 amide bonds. The molecule has 12 heteroatoms. The van der Waals surface area contributed by atoms with Gasteiger partial charge in [0.25, 0.3) is 0 Å². The number of anilines is 1. The Balaban J connectivity index is 2.23. The van der Waals surface area contributed by atoms with E-state index in [0.717, 1.165) is 28.8 Å². The molecule has 0 aliphatic rings. The molecule has 0 aromatic heterocycles. The summed E-state index contributed by atoms with van der Waals surface area (Å²) in [6.07, 6.45) is -3.98. The van der Waals surface area contributed by atoms with Crippen LogP contribution in [0.15, 0.2) is 48.5 Å². The minimum absolute atomic E-state index is 0.00125. The maximum Gasteiger partial charge on any atom is 0.416 e. The van der Waals surface area contributed by atoms with Crippen molar-refractivity contribution in [2.24, 2.45) is 0 Å². The highest BCUT2D eigenvalue weighted by atomic mass is 32.2. The number of amides is 2. The zero-order chi connectivity index (χ0) is 28.9. The second-order valence-electron chi connectivity index (χ2n) is 10.1. The molecular weight excluding hydrogens is 526 g/mol. The van der Waals surface area contributed by atoms with Crippen LogP contribution >= 0.6 is 0 Å². The van der Waals surface area contributed by atoms with Gasteiger partial charge in [-0.15, -0.1) is 0 Å². The topological polar surface area (TPSA) is 86.8 Å². The van der Waals surface area contributed by atoms with E-state index in [1.54, 1.807) is 27.7 Å². The highest BCUT2D eigenvalue weighted by molar-refractivity contribution is 7.92. The molecule has 0 aliphatic carbocycles. The smallest absolute Gasteiger partial charge is 0.350 e. The predicted molar refractivity (Wildman–Crippen MR) is 137 cm³/mol. The first-order valence-electron chi connectivity index (χ1n) is 11.9. The van der Waals surface area contributed by atoms with E-state index < -0.39 is 51.0 Å². The Kier molecular flexibility index (Phi) is 9.93. The molecule has 38 heavy (non-hydrogen) atoms. The fourth-order valence-corrected chi connectivity index (χ4v) is 4.64. The van der Waals surface area contributed by atoms with Gasteiger partial charge in [-0.3, -0.25) is 13.9 Å². The van der Waals surface area contributed by atoms with Crippen molar-refractivity contribution in [3.8, 4) is 0 Å². The minimum Gasteiger partial charge on any atom is -0.350 e. The lowest BCUT2D eigenvalue weighted by Gasteiger charge is -2.32. The van der Waals surface area contributed by atoms with Gasteiger partial charge in [0, 0.05) is 25.0 Å². The first-order valence-corrected chi connectivity index (χ1v) is 13.7. The van der Waals surface area contributed by atoms with Crippen molar-refractivity contribution in [2.75, 3.05) is 17.1 Å². The van der Waals surface area contributed by atoms with Crippen LogP contribution in [-0.2, 0) is 32.3 Å². The van der Waals surface area contributed by atoms with Gasteiger partial charge in [-0.25, -0.2) is 12.8 Å². The first kappa shape index (κ1) is 31.1. The third-order valence-corrected chi connectivity index (χ3v) is 6.74. The Hall–Kier alpha value is -3.15. The molecule has 210 valence electrons. The van der Waals surface area contributed by atoms with Gasteiger partial charge in [-0.1, -0.05) is 18.2 Å². The number of sulfonamides is 1. The third-order valence-electron chi connectivity index (χ3n) is 5.55. The monoisotopic (exact) mass is 559 g/mol. The number of hydrogen-bond donors (Lipinski definition) is 1. The van der Waals surface area contributed by atoms with Crippen LogP contribution < -0.4 is 9.62 Å². The number of carbonyl (C=O) groups is 2. The highest BCUT2D eigenvalue weighted by Crippen LogP contribution is 2.32. The summed E-state index contributed by atoms with van der Waals surface area (Å²) >= 11 is 0. The minimum atomic E-state index is -4.65. The Morgan fingerprint density at radius 2 is 1.63 bits per heavy atom. The molecule has 0 spiro atoms. The Morgan fingerprint density at radius 3 is 2.16 bits per heavy atom. The molecular formula is C26H33F4N3O4S. The lowest BCUT2D eigenvalue weighted by Crippen LogP contribution is -2.52. The molecule has 2 aromatic carbocycles. The van der Waals surface area contributed by atoms with Crippen LogP contribution in [0.5, 0.6) is 0 Å². The molecule has 0 aliphatic heterocycles. The molecule has 0 bridgehead atoms. The fraction of sp³-hybridized carbons (Fsp3) is 0.462. The number of nitrogens with one attached hydrogen (secondary N) is 1. The van der Waals surface area contributed by atoms with E-state index in [9.17, 15) is 35.6 Å². The van der Waals surface area contributed by atoms with Gasteiger partial charge in [0.1, 0.15) is 11.9 Å². The number of rotatable bonds is 10. The predicted octanol–water partition coefficient (Wildman–Crippen LogP) is 4.72. The van der Waals surface area contributed by atoms with Gasteiger partial charge < -0.3 is 10.2 Å². The second-order valence-corrected chi connectivity index (χ2v) is 12.0. The summed E-state index contributed by atoms with van der Waals surface area (Å²) in [6, 6.07) is 8.48. The Bertz CT molecular complexity index is 1230. The number of halogens is 4. The third kappa shape index (κ3) is 9.30. The van der Waals surface area contributed by atoms with Crippen molar-refractivity contribution in [2.45, 2.75) is 64.8 Å². The van der Waals surface area contributed by atoms with Crippen molar-refractivity contribution in [1.82, 2.24) is 10.2 Å². The molecule has 2 rings (SSSR count). The van der Waals surface area contributed by atoms with Gasteiger partial charge in [0.05, 0.1) is 17.5 Å². The maximum absolute atomic E-state index is 13.4. The van der Waals surface area contributed by atoms with E-state index in [2.05, 4.69) is 5.32 Å².